The van der Waals surface area contributed by atoms with Crippen LogP contribution >= 0.6 is 0 Å². The molecule has 2 aromatic rings. The predicted molar refractivity (Wildman–Crippen MR) is 107 cm³/mol. The fourth-order valence-electron chi connectivity index (χ4n) is 3.23. The molecule has 7 nitrogen and oxygen atoms in total. The average molecular weight is 391 g/mol. The Morgan fingerprint density at radius 3 is 2.52 bits per heavy atom. The van der Waals surface area contributed by atoms with Crippen molar-refractivity contribution in [3.8, 4) is 5.75 Å². The Balaban J connectivity index is 1.77. The van der Waals surface area contributed by atoms with Gasteiger partial charge in [-0.05, 0) is 49.7 Å². The number of aromatic nitrogens is 1. The van der Waals surface area contributed by atoms with Crippen molar-refractivity contribution in [2.75, 3.05) is 39.6 Å². The number of aryl methyl sites for hydroxylation is 1. The summed E-state index contributed by atoms with van der Waals surface area (Å²) in [6.07, 6.45) is 0.769. The van der Waals surface area contributed by atoms with E-state index in [-0.39, 0.29) is 5.92 Å². The number of hydrogen-bond donors (Lipinski definition) is 1. The maximum atomic E-state index is 12.3. The molecule has 1 aromatic heterocycles. The number of pyridine rings is 1. The highest BCUT2D eigenvalue weighted by Gasteiger charge is 2.34. The molecule has 2 heterocycles. The van der Waals surface area contributed by atoms with Gasteiger partial charge in [-0.1, -0.05) is 0 Å². The van der Waals surface area contributed by atoms with E-state index in [9.17, 15) is 8.42 Å². The molecular formula is C19H26N4O3S. The maximum absolute atomic E-state index is 12.3. The number of methoxy groups -OCH3 is 1. The van der Waals surface area contributed by atoms with Gasteiger partial charge in [-0.25, -0.2) is 0 Å². The van der Waals surface area contributed by atoms with Crippen LogP contribution in [0.4, 0.5) is 11.4 Å². The van der Waals surface area contributed by atoms with Gasteiger partial charge in [0, 0.05) is 55.9 Å². The van der Waals surface area contributed by atoms with Crippen molar-refractivity contribution in [3.05, 3.63) is 47.8 Å². The molecule has 0 unspecified atom stereocenters. The van der Waals surface area contributed by atoms with E-state index in [0.717, 1.165) is 34.9 Å². The molecule has 0 radical (unpaired) electrons. The molecule has 1 fully saturated rings. The molecule has 1 saturated heterocycles. The first kappa shape index (κ1) is 19.6. The summed E-state index contributed by atoms with van der Waals surface area (Å²) >= 11 is 0. The molecule has 1 aliphatic rings. The Hall–Kier alpha value is -2.16. The lowest BCUT2D eigenvalue weighted by atomic mass is 10.0. The summed E-state index contributed by atoms with van der Waals surface area (Å²) in [5, 5.41) is 3.38. The monoisotopic (exact) mass is 390 g/mol. The summed E-state index contributed by atoms with van der Waals surface area (Å²) in [5.41, 5.74) is 3.71. The first-order chi connectivity index (χ1) is 12.8. The van der Waals surface area contributed by atoms with Gasteiger partial charge in [0.15, 0.2) is 0 Å². The van der Waals surface area contributed by atoms with Crippen LogP contribution in [0.3, 0.4) is 0 Å². The van der Waals surface area contributed by atoms with Crippen LogP contribution in [0.1, 0.15) is 23.7 Å². The Bertz CT molecular complexity index is 898. The fourth-order valence-corrected chi connectivity index (χ4v) is 4.39. The van der Waals surface area contributed by atoms with Gasteiger partial charge in [-0.3, -0.25) is 4.98 Å². The van der Waals surface area contributed by atoms with Gasteiger partial charge in [0.05, 0.1) is 7.11 Å². The minimum Gasteiger partial charge on any atom is -0.497 e. The van der Waals surface area contributed by atoms with Crippen molar-refractivity contribution >= 4 is 21.6 Å². The molecule has 0 bridgehead atoms. The zero-order chi connectivity index (χ0) is 19.6. The highest BCUT2D eigenvalue weighted by Crippen LogP contribution is 2.31. The van der Waals surface area contributed by atoms with E-state index in [1.54, 1.807) is 21.2 Å². The van der Waals surface area contributed by atoms with E-state index < -0.39 is 10.2 Å². The van der Waals surface area contributed by atoms with Crippen LogP contribution in [0.2, 0.25) is 0 Å². The van der Waals surface area contributed by atoms with Crippen LogP contribution in [0.15, 0.2) is 36.4 Å². The first-order valence-electron chi connectivity index (χ1n) is 8.87. The van der Waals surface area contributed by atoms with E-state index in [4.69, 9.17) is 4.74 Å². The maximum Gasteiger partial charge on any atom is 0.281 e. The number of ether oxygens (including phenoxy) is 1. The Morgan fingerprint density at radius 1 is 1.19 bits per heavy atom. The normalized spacial score (nSPS) is 18.0. The van der Waals surface area contributed by atoms with E-state index in [0.29, 0.717) is 13.1 Å². The molecule has 1 aliphatic heterocycles. The smallest absolute Gasteiger partial charge is 0.281 e. The molecular weight excluding hydrogens is 364 g/mol. The number of anilines is 2. The van der Waals surface area contributed by atoms with Gasteiger partial charge in [-0.15, -0.1) is 0 Å². The van der Waals surface area contributed by atoms with E-state index in [2.05, 4.69) is 10.3 Å². The fraction of sp³-hybridized carbons (Fsp3) is 0.421. The molecule has 0 amide bonds. The highest BCUT2D eigenvalue weighted by atomic mass is 32.2. The minimum absolute atomic E-state index is 0.0936. The first-order valence-corrected chi connectivity index (χ1v) is 10.3. The molecule has 0 aliphatic carbocycles. The summed E-state index contributed by atoms with van der Waals surface area (Å²) < 4.78 is 32.7. The highest BCUT2D eigenvalue weighted by molar-refractivity contribution is 7.86. The summed E-state index contributed by atoms with van der Waals surface area (Å²) in [5.74, 6) is 0.899. The van der Waals surface area contributed by atoms with Gasteiger partial charge < -0.3 is 10.1 Å². The number of rotatable bonds is 6. The number of benzene rings is 1. The van der Waals surface area contributed by atoms with Crippen molar-refractivity contribution in [1.82, 2.24) is 13.6 Å². The number of hydrogen-bond acceptors (Lipinski definition) is 5. The third-order valence-electron chi connectivity index (χ3n) is 4.71. The molecule has 8 heteroatoms. The predicted octanol–water partition coefficient (Wildman–Crippen LogP) is 2.74. The lowest BCUT2D eigenvalue weighted by molar-refractivity contribution is 0.415. The Labute approximate surface area is 161 Å². The molecule has 1 aromatic carbocycles. The topological polar surface area (TPSA) is 74.8 Å². The lowest BCUT2D eigenvalue weighted by Gasteiger charge is -2.21. The molecule has 0 saturated carbocycles. The molecule has 1 N–H and O–H groups in total. The van der Waals surface area contributed by atoms with E-state index in [1.807, 2.05) is 43.3 Å². The van der Waals surface area contributed by atoms with E-state index >= 15 is 0 Å². The molecule has 27 heavy (non-hydrogen) atoms. The van der Waals surface area contributed by atoms with Gasteiger partial charge in [0.1, 0.15) is 5.75 Å². The average Bonchev–Trinajstić information content (AvgIpc) is 3.13. The molecule has 146 valence electrons. The van der Waals surface area contributed by atoms with Crippen molar-refractivity contribution in [2.45, 2.75) is 19.3 Å². The van der Waals surface area contributed by atoms with Crippen molar-refractivity contribution in [1.29, 1.82) is 0 Å². The van der Waals surface area contributed by atoms with Crippen LogP contribution in [0.5, 0.6) is 5.75 Å². The zero-order valence-corrected chi connectivity index (χ0v) is 17.0. The van der Waals surface area contributed by atoms with Gasteiger partial charge in [-0.2, -0.15) is 17.0 Å². The lowest BCUT2D eigenvalue weighted by Crippen LogP contribution is -2.38. The molecule has 1 atom stereocenters. The standard InChI is InChI=1S/C19H26N4O3S/c1-14-11-17(21-16-5-7-18(26-4)8-6-16)12-19(20-14)15-9-10-23(13-15)27(24,25)22(2)3/h5-8,11-12,15H,9-10,13H2,1-4H3,(H,20,21)/t15-/m0/s1. The second kappa shape index (κ2) is 7.84. The summed E-state index contributed by atoms with van der Waals surface area (Å²) in [4.78, 5) is 4.65. The van der Waals surface area contributed by atoms with Crippen LogP contribution in [0.25, 0.3) is 0 Å². The van der Waals surface area contributed by atoms with Gasteiger partial charge in [0.2, 0.25) is 0 Å². The van der Waals surface area contributed by atoms with E-state index in [1.165, 1.54) is 8.61 Å². The quantitative estimate of drug-likeness (QED) is 0.821. The molecule has 3 rings (SSSR count). The van der Waals surface area contributed by atoms with Crippen LogP contribution in [-0.2, 0) is 10.2 Å². The summed E-state index contributed by atoms with van der Waals surface area (Å²) in [7, 11) is 1.38. The number of nitrogens with zero attached hydrogens (tertiary/aromatic N) is 3. The van der Waals surface area contributed by atoms with Crippen molar-refractivity contribution in [3.63, 3.8) is 0 Å². The second-order valence-electron chi connectivity index (χ2n) is 6.91. The largest absolute Gasteiger partial charge is 0.497 e. The minimum atomic E-state index is -3.38. The van der Waals surface area contributed by atoms with Crippen molar-refractivity contribution < 1.29 is 13.2 Å². The summed E-state index contributed by atoms with van der Waals surface area (Å²) in [6, 6.07) is 11.7. The number of nitrogens with one attached hydrogen (secondary N) is 1. The second-order valence-corrected chi connectivity index (χ2v) is 9.05. The Kier molecular flexibility index (Phi) is 5.69. The third kappa shape index (κ3) is 4.40. The van der Waals surface area contributed by atoms with Crippen molar-refractivity contribution in [2.24, 2.45) is 0 Å². The van der Waals surface area contributed by atoms with Crippen LogP contribution in [0, 0.1) is 6.92 Å². The SMILES string of the molecule is COc1ccc(Nc2cc(C)nc([C@H]3CCN(S(=O)(=O)N(C)C)C3)c2)cc1. The third-order valence-corrected chi connectivity index (χ3v) is 6.62. The van der Waals surface area contributed by atoms with Crippen LogP contribution in [-0.4, -0.2) is 56.3 Å². The van der Waals surface area contributed by atoms with Gasteiger partial charge in [0.25, 0.3) is 10.2 Å². The molecule has 0 spiro atoms. The zero-order valence-electron chi connectivity index (χ0n) is 16.1. The van der Waals surface area contributed by atoms with Crippen LogP contribution < -0.4 is 10.1 Å². The Morgan fingerprint density at radius 2 is 1.89 bits per heavy atom. The summed E-state index contributed by atoms with van der Waals surface area (Å²) in [6.45, 7) is 2.92. The van der Waals surface area contributed by atoms with Gasteiger partial charge >= 0.3 is 0 Å².